The molecule has 2 bridgehead atoms. The van der Waals surface area contributed by atoms with Gasteiger partial charge in [0.05, 0.1) is 0 Å². The van der Waals surface area contributed by atoms with Crippen LogP contribution in [0.4, 0.5) is 0 Å². The van der Waals surface area contributed by atoms with Crippen LogP contribution in [0, 0.1) is 26.2 Å². The first-order valence-corrected chi connectivity index (χ1v) is 7.61. The van der Waals surface area contributed by atoms with Gasteiger partial charge in [-0.2, -0.15) is 0 Å². The molecule has 4 rings (SSSR count). The number of piperidine rings is 3. The van der Waals surface area contributed by atoms with Crippen molar-refractivity contribution in [3.05, 3.63) is 28.6 Å². The van der Waals surface area contributed by atoms with Crippen molar-refractivity contribution in [2.45, 2.75) is 59.4 Å². The predicted molar refractivity (Wildman–Crippen MR) is 79.6 cm³/mol. The average Bonchev–Trinajstić information content (AvgIpc) is 2.32. The molecular weight excluding hydrogens is 232 g/mol. The van der Waals surface area contributed by atoms with Crippen molar-refractivity contribution in [2.75, 3.05) is 13.1 Å². The Morgan fingerprint density at radius 2 is 1.84 bits per heavy atom. The molecule has 0 radical (unpaired) electrons. The Morgan fingerprint density at radius 3 is 2.37 bits per heavy atom. The lowest BCUT2D eigenvalue weighted by Crippen LogP contribution is -2.57. The van der Waals surface area contributed by atoms with Gasteiger partial charge in [-0.25, -0.2) is 0 Å². The highest BCUT2D eigenvalue weighted by molar-refractivity contribution is 5.37. The summed E-state index contributed by atoms with van der Waals surface area (Å²) >= 11 is 0. The van der Waals surface area contributed by atoms with Crippen LogP contribution in [0.15, 0.2) is 6.07 Å². The first-order valence-electron chi connectivity index (χ1n) is 7.61. The van der Waals surface area contributed by atoms with Crippen LogP contribution in [0.1, 0.15) is 55.1 Å². The second kappa shape index (κ2) is 4.31. The quantitative estimate of drug-likeness (QED) is 0.765. The molecule has 0 aromatic carbocycles. The maximum Gasteiger partial charge on any atom is 0.0414 e. The highest BCUT2D eigenvalue weighted by Crippen LogP contribution is 2.53. The minimum atomic E-state index is 0.473. The van der Waals surface area contributed by atoms with E-state index in [4.69, 9.17) is 4.98 Å². The topological polar surface area (TPSA) is 16.1 Å². The molecule has 2 heteroatoms. The SMILES string of the molecule is Cc1cc(C)c(C2[C@@H](C)N3CCC2(C)CC3)c(C)n1. The van der Waals surface area contributed by atoms with Crippen LogP contribution in [0.2, 0.25) is 0 Å². The van der Waals surface area contributed by atoms with E-state index in [2.05, 4.69) is 45.6 Å². The van der Waals surface area contributed by atoms with Crippen LogP contribution < -0.4 is 0 Å². The third kappa shape index (κ3) is 1.92. The average molecular weight is 258 g/mol. The fourth-order valence-electron chi connectivity index (χ4n) is 4.64. The molecule has 0 saturated carbocycles. The third-order valence-corrected chi connectivity index (χ3v) is 5.64. The minimum absolute atomic E-state index is 0.473. The van der Waals surface area contributed by atoms with Crippen molar-refractivity contribution in [1.29, 1.82) is 0 Å². The number of nitrogens with zero attached hydrogens (tertiary/aromatic N) is 2. The van der Waals surface area contributed by atoms with E-state index in [1.807, 2.05) is 0 Å². The summed E-state index contributed by atoms with van der Waals surface area (Å²) in [6, 6.07) is 2.92. The molecule has 1 aromatic rings. The summed E-state index contributed by atoms with van der Waals surface area (Å²) in [4.78, 5) is 7.42. The summed E-state index contributed by atoms with van der Waals surface area (Å²) in [6.45, 7) is 14.1. The predicted octanol–water partition coefficient (Wildman–Crippen LogP) is 3.59. The van der Waals surface area contributed by atoms with Gasteiger partial charge in [-0.05, 0) is 76.2 Å². The van der Waals surface area contributed by atoms with Gasteiger partial charge in [0.2, 0.25) is 0 Å². The number of pyridine rings is 1. The normalized spacial score (nSPS) is 37.6. The van der Waals surface area contributed by atoms with Gasteiger partial charge in [0, 0.05) is 23.3 Å². The van der Waals surface area contributed by atoms with Gasteiger partial charge in [-0.3, -0.25) is 9.88 Å². The van der Waals surface area contributed by atoms with Crippen molar-refractivity contribution in [3.8, 4) is 0 Å². The second-order valence-electron chi connectivity index (χ2n) is 6.99. The van der Waals surface area contributed by atoms with Crippen molar-refractivity contribution in [2.24, 2.45) is 5.41 Å². The molecule has 1 unspecified atom stereocenters. The Labute approximate surface area is 117 Å². The van der Waals surface area contributed by atoms with Gasteiger partial charge in [0.1, 0.15) is 0 Å². The van der Waals surface area contributed by atoms with Crippen LogP contribution in [0.3, 0.4) is 0 Å². The largest absolute Gasteiger partial charge is 0.300 e. The standard InChI is InChI=1S/C17H26N2/c1-11-10-12(2)18-13(3)15(11)16-14(4)19-8-6-17(16,5)7-9-19/h10,14,16H,6-9H2,1-5H3/t14-,16?/m1/s1. The van der Waals surface area contributed by atoms with E-state index in [9.17, 15) is 0 Å². The molecule has 3 aliphatic rings. The van der Waals surface area contributed by atoms with E-state index < -0.39 is 0 Å². The molecule has 19 heavy (non-hydrogen) atoms. The van der Waals surface area contributed by atoms with Gasteiger partial charge in [0.15, 0.2) is 0 Å². The van der Waals surface area contributed by atoms with E-state index in [1.54, 1.807) is 0 Å². The zero-order valence-electron chi connectivity index (χ0n) is 13.0. The van der Waals surface area contributed by atoms with Crippen LogP contribution in [0.25, 0.3) is 0 Å². The molecule has 0 amide bonds. The molecule has 4 heterocycles. The molecule has 3 aliphatic heterocycles. The maximum atomic E-state index is 4.74. The van der Waals surface area contributed by atoms with E-state index in [1.165, 1.54) is 42.8 Å². The molecule has 104 valence electrons. The third-order valence-electron chi connectivity index (χ3n) is 5.64. The summed E-state index contributed by atoms with van der Waals surface area (Å²) < 4.78 is 0. The number of hydrogen-bond donors (Lipinski definition) is 0. The smallest absolute Gasteiger partial charge is 0.0414 e. The number of aryl methyl sites for hydroxylation is 3. The van der Waals surface area contributed by atoms with Gasteiger partial charge < -0.3 is 0 Å². The summed E-state index contributed by atoms with van der Waals surface area (Å²) in [5, 5.41) is 0. The molecule has 2 nitrogen and oxygen atoms in total. The molecule has 0 spiro atoms. The van der Waals surface area contributed by atoms with Crippen molar-refractivity contribution >= 4 is 0 Å². The molecule has 1 aromatic heterocycles. The summed E-state index contributed by atoms with van der Waals surface area (Å²) in [5.74, 6) is 0.656. The fraction of sp³-hybridized carbons (Fsp3) is 0.706. The summed E-state index contributed by atoms with van der Waals surface area (Å²) in [5.41, 5.74) is 5.85. The molecule has 3 fully saturated rings. The van der Waals surface area contributed by atoms with E-state index in [0.29, 0.717) is 17.4 Å². The van der Waals surface area contributed by atoms with Gasteiger partial charge >= 0.3 is 0 Å². The highest BCUT2D eigenvalue weighted by atomic mass is 15.2. The Balaban J connectivity index is 2.11. The summed E-state index contributed by atoms with van der Waals surface area (Å²) in [7, 11) is 0. The number of hydrogen-bond acceptors (Lipinski definition) is 2. The number of aromatic nitrogens is 1. The lowest BCUT2D eigenvalue weighted by Gasteiger charge is -2.57. The first kappa shape index (κ1) is 13.1. The molecule has 2 atom stereocenters. The van der Waals surface area contributed by atoms with E-state index in [0.717, 1.165) is 5.69 Å². The molecule has 0 aliphatic carbocycles. The molecule has 3 saturated heterocycles. The highest BCUT2D eigenvalue weighted by Gasteiger charge is 2.49. The van der Waals surface area contributed by atoms with Gasteiger partial charge in [-0.15, -0.1) is 0 Å². The van der Waals surface area contributed by atoms with Crippen LogP contribution in [0.5, 0.6) is 0 Å². The number of rotatable bonds is 1. The van der Waals surface area contributed by atoms with Crippen LogP contribution in [-0.4, -0.2) is 29.0 Å². The van der Waals surface area contributed by atoms with Crippen LogP contribution >= 0.6 is 0 Å². The Kier molecular flexibility index (Phi) is 2.97. The van der Waals surface area contributed by atoms with Crippen LogP contribution in [-0.2, 0) is 0 Å². The molecule has 0 N–H and O–H groups in total. The molecular formula is C17H26N2. The van der Waals surface area contributed by atoms with Crippen molar-refractivity contribution < 1.29 is 0 Å². The minimum Gasteiger partial charge on any atom is -0.300 e. The zero-order chi connectivity index (χ0) is 13.8. The zero-order valence-corrected chi connectivity index (χ0v) is 13.0. The summed E-state index contributed by atoms with van der Waals surface area (Å²) in [6.07, 6.45) is 2.68. The van der Waals surface area contributed by atoms with Gasteiger partial charge in [0.25, 0.3) is 0 Å². The van der Waals surface area contributed by atoms with E-state index >= 15 is 0 Å². The Morgan fingerprint density at radius 1 is 1.21 bits per heavy atom. The lowest BCUT2D eigenvalue weighted by atomic mass is 9.60. The lowest BCUT2D eigenvalue weighted by molar-refractivity contribution is -0.0273. The number of fused-ring (bicyclic) bond motifs is 3. The first-order chi connectivity index (χ1) is 8.92. The fourth-order valence-corrected chi connectivity index (χ4v) is 4.64. The maximum absolute atomic E-state index is 4.74. The Hall–Kier alpha value is -0.890. The van der Waals surface area contributed by atoms with Crippen molar-refractivity contribution in [1.82, 2.24) is 9.88 Å². The van der Waals surface area contributed by atoms with Gasteiger partial charge in [-0.1, -0.05) is 6.92 Å². The second-order valence-corrected chi connectivity index (χ2v) is 6.99. The Bertz CT molecular complexity index is 475. The monoisotopic (exact) mass is 258 g/mol. The van der Waals surface area contributed by atoms with Crippen molar-refractivity contribution in [3.63, 3.8) is 0 Å². The van der Waals surface area contributed by atoms with E-state index in [-0.39, 0.29) is 0 Å².